The molecule has 0 saturated carbocycles. The summed E-state index contributed by atoms with van der Waals surface area (Å²) < 4.78 is 24.5. The van der Waals surface area contributed by atoms with Crippen LogP contribution in [0.1, 0.15) is 19.4 Å². The highest BCUT2D eigenvalue weighted by Gasteiger charge is 2.13. The van der Waals surface area contributed by atoms with E-state index in [-0.39, 0.29) is 0 Å². The lowest BCUT2D eigenvalue weighted by atomic mass is 10.0. The van der Waals surface area contributed by atoms with Gasteiger partial charge >= 0.3 is 21.1 Å². The van der Waals surface area contributed by atoms with Gasteiger partial charge in [-0.1, -0.05) is 24.3 Å². The molecule has 0 atom stereocenters. The predicted octanol–water partition coefficient (Wildman–Crippen LogP) is -3.00. The topological polar surface area (TPSA) is 69.6 Å². The van der Waals surface area contributed by atoms with Gasteiger partial charge in [-0.05, 0) is 28.9 Å². The van der Waals surface area contributed by atoms with Gasteiger partial charge in [0.25, 0.3) is 0 Å². The van der Waals surface area contributed by atoms with Crippen LogP contribution >= 0.6 is 0 Å². The largest absolute Gasteiger partial charge is 0.503 e. The van der Waals surface area contributed by atoms with Crippen LogP contribution in [-0.2, 0) is 0 Å². The molecule has 0 fully saturated rings. The second kappa shape index (κ2) is 6.95. The average molecular weight is 349 g/mol. The molecule has 0 saturated heterocycles. The Balaban J connectivity index is 0.000000317. The number of likely N-dealkylation sites (N-methyl/N-ethyl adjacent to an activating group) is 1. The Bertz CT molecular complexity index is 390. The van der Waals surface area contributed by atoms with Crippen molar-refractivity contribution >= 4 is 11.3 Å². The summed E-state index contributed by atoms with van der Waals surface area (Å²) in [5.41, 5.74) is 4.17. The maximum atomic E-state index is 8.68. The van der Waals surface area contributed by atoms with Gasteiger partial charge in [0.1, 0.15) is 0 Å². The van der Waals surface area contributed by atoms with Gasteiger partial charge in [0.05, 0.1) is 0 Å². The van der Waals surface area contributed by atoms with Crippen molar-refractivity contribution in [3.8, 4) is 0 Å². The molecule has 4 nitrogen and oxygen atoms in total. The van der Waals surface area contributed by atoms with Crippen LogP contribution in [-0.4, -0.2) is 16.5 Å². The van der Waals surface area contributed by atoms with Crippen LogP contribution in [0.4, 0.5) is 5.69 Å². The molecule has 0 spiro atoms. The van der Waals surface area contributed by atoms with E-state index in [4.69, 9.17) is 10.3 Å². The molecule has 0 amide bonds. The summed E-state index contributed by atoms with van der Waals surface area (Å²) in [5.74, 6) is 0. The molecule has 1 heterocycles. The average Bonchev–Trinajstić information content (AvgIpc) is 2.29. The summed E-state index contributed by atoms with van der Waals surface area (Å²) >= 11 is -3.76. The third-order valence-electron chi connectivity index (χ3n) is 2.67. The van der Waals surface area contributed by atoms with Crippen LogP contribution in [0, 0.1) is 0 Å². The molecule has 0 bridgehead atoms. The number of hydrogen-bond acceptors (Lipinski definition) is 4. The second-order valence-electron chi connectivity index (χ2n) is 3.64. The first-order chi connectivity index (χ1) is 8.06. The van der Waals surface area contributed by atoms with Gasteiger partial charge in [-0.3, -0.25) is 0 Å². The van der Waals surface area contributed by atoms with E-state index in [1.165, 1.54) is 16.8 Å². The second-order valence-corrected chi connectivity index (χ2v) is 4.79. The number of rotatable bonds is 1. The number of allylic oxidation sites excluding steroid dienone is 1. The molecular formula is C12H16INO3. The molecule has 0 aliphatic carbocycles. The van der Waals surface area contributed by atoms with Crippen LogP contribution in [0.15, 0.2) is 30.3 Å². The van der Waals surface area contributed by atoms with Crippen molar-refractivity contribution in [2.75, 3.05) is 18.0 Å². The third kappa shape index (κ3) is 4.27. The van der Waals surface area contributed by atoms with E-state index in [1.807, 2.05) is 0 Å². The molecule has 94 valence electrons. The van der Waals surface area contributed by atoms with Crippen molar-refractivity contribution in [2.24, 2.45) is 0 Å². The maximum absolute atomic E-state index is 8.68. The Morgan fingerprint density at radius 1 is 1.35 bits per heavy atom. The molecule has 0 radical (unpaired) electrons. The molecule has 2 rings (SSSR count). The highest BCUT2D eigenvalue weighted by molar-refractivity contribution is 5.78. The molecule has 1 aromatic carbocycles. The van der Waals surface area contributed by atoms with Crippen molar-refractivity contribution in [2.45, 2.75) is 13.8 Å². The summed E-state index contributed by atoms with van der Waals surface area (Å²) in [4.78, 5) is 2.39. The predicted molar refractivity (Wildman–Crippen MR) is 60.2 cm³/mol. The number of anilines is 1. The van der Waals surface area contributed by atoms with Crippen molar-refractivity contribution < 1.29 is 31.4 Å². The molecular weight excluding hydrogens is 333 g/mol. The smallest absolute Gasteiger partial charge is 0.396 e. The molecule has 1 aliphatic heterocycles. The van der Waals surface area contributed by atoms with Crippen molar-refractivity contribution in [3.05, 3.63) is 35.9 Å². The van der Waals surface area contributed by atoms with Crippen LogP contribution in [0.2, 0.25) is 0 Å². The highest BCUT2D eigenvalue weighted by Crippen LogP contribution is 2.30. The van der Waals surface area contributed by atoms with Crippen molar-refractivity contribution in [1.29, 1.82) is 0 Å². The molecule has 0 unspecified atom stereocenters. The van der Waals surface area contributed by atoms with E-state index in [0.29, 0.717) is 0 Å². The summed E-state index contributed by atoms with van der Waals surface area (Å²) in [6.07, 6.45) is 2.30. The van der Waals surface area contributed by atoms with Gasteiger partial charge in [-0.2, -0.15) is 0 Å². The van der Waals surface area contributed by atoms with E-state index in [2.05, 4.69) is 49.1 Å². The SMILES string of the molecule is CCN1CC=C(C)c2ccccc21.[O-][I+2]([O-])O. The number of nitrogens with zero attached hydrogens (tertiary/aromatic N) is 1. The minimum Gasteiger partial charge on any atom is -0.396 e. The van der Waals surface area contributed by atoms with Crippen LogP contribution in [0.3, 0.4) is 0 Å². The molecule has 1 aromatic rings. The fourth-order valence-corrected chi connectivity index (χ4v) is 1.84. The Labute approximate surface area is 110 Å². The molecule has 5 heteroatoms. The zero-order valence-corrected chi connectivity index (χ0v) is 12.0. The normalized spacial score (nSPS) is 13.8. The van der Waals surface area contributed by atoms with Crippen molar-refractivity contribution in [3.63, 3.8) is 0 Å². The lowest BCUT2D eigenvalue weighted by Crippen LogP contribution is -3.98. The Morgan fingerprint density at radius 3 is 2.53 bits per heavy atom. The van der Waals surface area contributed by atoms with Crippen molar-refractivity contribution in [1.82, 2.24) is 0 Å². The highest BCUT2D eigenvalue weighted by atomic mass is 127. The van der Waals surface area contributed by atoms with Gasteiger partial charge in [0, 0.05) is 24.3 Å². The number of hydrogen-bond donors (Lipinski definition) is 1. The first-order valence-electron chi connectivity index (χ1n) is 5.32. The quantitative estimate of drug-likeness (QED) is 0.549. The Hall–Kier alpha value is -0.630. The maximum Gasteiger partial charge on any atom is 0.503 e. The number of para-hydroxylation sites is 1. The fraction of sp³-hybridized carbons (Fsp3) is 0.333. The Morgan fingerprint density at radius 2 is 1.94 bits per heavy atom. The minimum atomic E-state index is -3.76. The number of halogens is 1. The lowest BCUT2D eigenvalue weighted by Gasteiger charge is -2.28. The molecule has 1 aliphatic rings. The monoisotopic (exact) mass is 349 g/mol. The molecule has 0 aromatic heterocycles. The van der Waals surface area contributed by atoms with Crippen LogP contribution < -0.4 is 32.8 Å². The molecule has 1 N–H and O–H groups in total. The number of benzene rings is 1. The van der Waals surface area contributed by atoms with Gasteiger partial charge in [-0.15, -0.1) is 0 Å². The fourth-order valence-electron chi connectivity index (χ4n) is 1.84. The van der Waals surface area contributed by atoms with E-state index in [1.54, 1.807) is 0 Å². The van der Waals surface area contributed by atoms with E-state index < -0.39 is 21.1 Å². The number of fused-ring (bicyclic) bond motifs is 1. The lowest BCUT2D eigenvalue weighted by molar-refractivity contribution is -1.63. The van der Waals surface area contributed by atoms with Gasteiger partial charge < -0.3 is 11.8 Å². The standard InChI is InChI=1S/C12H15N.HIO3/c1-3-13-9-8-10(2)11-6-4-5-7-12(11)13;2-1(3)4/h4-8H,3,9H2,1-2H3;2H. The van der Waals surface area contributed by atoms with Gasteiger partial charge in [-0.25, -0.2) is 0 Å². The first kappa shape index (κ1) is 14.4. The minimum absolute atomic E-state index is 1.05. The van der Waals surface area contributed by atoms with E-state index in [0.717, 1.165) is 13.1 Å². The van der Waals surface area contributed by atoms with Crippen LogP contribution in [0.5, 0.6) is 0 Å². The summed E-state index contributed by atoms with van der Waals surface area (Å²) in [6, 6.07) is 8.62. The van der Waals surface area contributed by atoms with Crippen LogP contribution in [0.25, 0.3) is 5.57 Å². The Kier molecular flexibility index (Phi) is 5.90. The summed E-state index contributed by atoms with van der Waals surface area (Å²) in [7, 11) is 0. The zero-order chi connectivity index (χ0) is 12.8. The molecule has 17 heavy (non-hydrogen) atoms. The van der Waals surface area contributed by atoms with Gasteiger partial charge in [0.2, 0.25) is 0 Å². The first-order valence-corrected chi connectivity index (χ1v) is 8.04. The zero-order valence-electron chi connectivity index (χ0n) is 9.89. The summed E-state index contributed by atoms with van der Waals surface area (Å²) in [5, 5.41) is 0. The van der Waals surface area contributed by atoms with E-state index in [9.17, 15) is 0 Å². The van der Waals surface area contributed by atoms with Gasteiger partial charge in [0.15, 0.2) is 0 Å². The van der Waals surface area contributed by atoms with E-state index >= 15 is 0 Å². The third-order valence-corrected chi connectivity index (χ3v) is 2.67. The summed E-state index contributed by atoms with van der Waals surface area (Å²) in [6.45, 7) is 6.53.